The lowest BCUT2D eigenvalue weighted by molar-refractivity contribution is 0.102. The Labute approximate surface area is 113 Å². The average Bonchev–Trinajstić information content (AvgIpc) is 2.38. The number of nitrogen functional groups attached to an aromatic ring is 1. The molecule has 0 aromatic heterocycles. The van der Waals surface area contributed by atoms with E-state index < -0.39 is 0 Å². The molecule has 98 valence electrons. The molecule has 3 nitrogen and oxygen atoms in total. The number of nitrogens with two attached hydrogens (primary N) is 1. The zero-order chi connectivity index (χ0) is 13.8. The van der Waals surface area contributed by atoms with Crippen LogP contribution in [0.25, 0.3) is 0 Å². The second kappa shape index (κ2) is 5.57. The number of hydrogen-bond donors (Lipinski definition) is 2. The maximum absolute atomic E-state index is 12.1. The lowest BCUT2D eigenvalue weighted by Crippen LogP contribution is -2.12. The summed E-state index contributed by atoms with van der Waals surface area (Å²) >= 11 is 0. The normalized spacial score (nSPS) is 10.2. The highest BCUT2D eigenvalue weighted by Crippen LogP contribution is 2.15. The number of benzene rings is 2. The predicted molar refractivity (Wildman–Crippen MR) is 79.4 cm³/mol. The van der Waals surface area contributed by atoms with E-state index >= 15 is 0 Å². The van der Waals surface area contributed by atoms with Gasteiger partial charge in [0.05, 0.1) is 0 Å². The first-order valence-corrected chi connectivity index (χ1v) is 6.36. The number of amides is 1. The molecule has 0 bridgehead atoms. The summed E-state index contributed by atoms with van der Waals surface area (Å²) in [5.41, 5.74) is 9.95. The number of carbonyl (C=O) groups excluding carboxylic acids is 1. The molecule has 0 saturated heterocycles. The van der Waals surface area contributed by atoms with Crippen molar-refractivity contribution >= 4 is 17.3 Å². The number of hydrogen-bond acceptors (Lipinski definition) is 2. The minimum Gasteiger partial charge on any atom is -0.399 e. The first kappa shape index (κ1) is 13.1. The van der Waals surface area contributed by atoms with Gasteiger partial charge in [-0.3, -0.25) is 4.79 Å². The molecule has 19 heavy (non-hydrogen) atoms. The summed E-state index contributed by atoms with van der Waals surface area (Å²) in [5.74, 6) is -0.139. The molecule has 0 spiro atoms. The summed E-state index contributed by atoms with van der Waals surface area (Å²) in [6.45, 7) is 4.02. The van der Waals surface area contributed by atoms with Gasteiger partial charge in [0, 0.05) is 16.9 Å². The van der Waals surface area contributed by atoms with Crippen LogP contribution in [0.2, 0.25) is 0 Å². The molecule has 0 aliphatic carbocycles. The lowest BCUT2D eigenvalue weighted by atomic mass is 10.1. The summed E-state index contributed by atoms with van der Waals surface area (Å²) in [6.07, 6.45) is 0.989. The van der Waals surface area contributed by atoms with Crippen molar-refractivity contribution in [2.45, 2.75) is 20.3 Å². The lowest BCUT2D eigenvalue weighted by Gasteiger charge is -2.07. The Kier molecular flexibility index (Phi) is 3.85. The summed E-state index contributed by atoms with van der Waals surface area (Å²) in [6, 6.07) is 13.2. The molecule has 0 saturated carbocycles. The van der Waals surface area contributed by atoms with E-state index in [1.807, 2.05) is 43.3 Å². The van der Waals surface area contributed by atoms with Crippen molar-refractivity contribution in [2.24, 2.45) is 0 Å². The third-order valence-corrected chi connectivity index (χ3v) is 2.98. The van der Waals surface area contributed by atoms with E-state index in [0.717, 1.165) is 17.7 Å². The third-order valence-electron chi connectivity index (χ3n) is 2.98. The molecule has 0 fully saturated rings. The number of carbonyl (C=O) groups is 1. The van der Waals surface area contributed by atoms with Crippen molar-refractivity contribution in [3.05, 3.63) is 59.2 Å². The van der Waals surface area contributed by atoms with Gasteiger partial charge in [0.15, 0.2) is 0 Å². The van der Waals surface area contributed by atoms with E-state index in [2.05, 4.69) is 12.2 Å². The first-order chi connectivity index (χ1) is 9.08. The molecule has 1 amide bonds. The van der Waals surface area contributed by atoms with Crippen molar-refractivity contribution in [2.75, 3.05) is 11.1 Å². The first-order valence-electron chi connectivity index (χ1n) is 6.36. The minimum absolute atomic E-state index is 0.139. The molecule has 0 aliphatic rings. The van der Waals surface area contributed by atoms with Crippen LogP contribution < -0.4 is 11.1 Å². The van der Waals surface area contributed by atoms with Gasteiger partial charge < -0.3 is 11.1 Å². The highest BCUT2D eigenvalue weighted by atomic mass is 16.1. The maximum Gasteiger partial charge on any atom is 0.255 e. The van der Waals surface area contributed by atoms with Gasteiger partial charge in [-0.2, -0.15) is 0 Å². The van der Waals surface area contributed by atoms with Gasteiger partial charge in [0.1, 0.15) is 0 Å². The van der Waals surface area contributed by atoms with E-state index in [-0.39, 0.29) is 5.91 Å². The van der Waals surface area contributed by atoms with Crippen molar-refractivity contribution < 1.29 is 4.79 Å². The van der Waals surface area contributed by atoms with Crippen LogP contribution in [-0.4, -0.2) is 5.91 Å². The number of nitrogens with one attached hydrogen (secondary N) is 1. The van der Waals surface area contributed by atoms with E-state index in [9.17, 15) is 4.79 Å². The summed E-state index contributed by atoms with van der Waals surface area (Å²) in [5, 5.41) is 2.87. The molecule has 0 heterocycles. The van der Waals surface area contributed by atoms with Crippen LogP contribution in [0.5, 0.6) is 0 Å². The Hall–Kier alpha value is -2.29. The zero-order valence-electron chi connectivity index (χ0n) is 11.2. The fourth-order valence-corrected chi connectivity index (χ4v) is 1.97. The van der Waals surface area contributed by atoms with E-state index in [4.69, 9.17) is 5.73 Å². The Morgan fingerprint density at radius 2 is 1.84 bits per heavy atom. The largest absolute Gasteiger partial charge is 0.399 e. The Bertz CT molecular complexity index is 568. The van der Waals surface area contributed by atoms with Gasteiger partial charge in [-0.1, -0.05) is 19.1 Å². The zero-order valence-corrected chi connectivity index (χ0v) is 11.2. The predicted octanol–water partition coefficient (Wildman–Crippen LogP) is 3.39. The van der Waals surface area contributed by atoms with E-state index in [1.165, 1.54) is 5.56 Å². The Morgan fingerprint density at radius 1 is 1.16 bits per heavy atom. The Balaban J connectivity index is 2.15. The highest BCUT2D eigenvalue weighted by Gasteiger charge is 2.07. The van der Waals surface area contributed by atoms with Crippen molar-refractivity contribution in [3.63, 3.8) is 0 Å². The van der Waals surface area contributed by atoms with Crippen molar-refractivity contribution in [1.29, 1.82) is 0 Å². The number of rotatable bonds is 3. The SMILES string of the molecule is CCc1ccc(NC(=O)c2cc(C)cc(N)c2)cc1. The van der Waals surface area contributed by atoms with Crippen LogP contribution in [0.3, 0.4) is 0 Å². The van der Waals surface area contributed by atoms with Crippen LogP contribution in [-0.2, 0) is 6.42 Å². The van der Waals surface area contributed by atoms with Crippen LogP contribution >= 0.6 is 0 Å². The van der Waals surface area contributed by atoms with Gasteiger partial charge in [-0.05, 0) is 54.8 Å². The molecule has 3 N–H and O–H groups in total. The maximum atomic E-state index is 12.1. The number of anilines is 2. The van der Waals surface area contributed by atoms with Gasteiger partial charge >= 0.3 is 0 Å². The van der Waals surface area contributed by atoms with Crippen LogP contribution in [0.1, 0.15) is 28.4 Å². The molecule has 0 radical (unpaired) electrons. The van der Waals surface area contributed by atoms with Crippen LogP contribution in [0.15, 0.2) is 42.5 Å². The topological polar surface area (TPSA) is 55.1 Å². The van der Waals surface area contributed by atoms with Crippen molar-refractivity contribution in [1.82, 2.24) is 0 Å². The average molecular weight is 254 g/mol. The van der Waals surface area contributed by atoms with Crippen molar-refractivity contribution in [3.8, 4) is 0 Å². The molecule has 3 heteroatoms. The smallest absolute Gasteiger partial charge is 0.255 e. The van der Waals surface area contributed by atoms with E-state index in [1.54, 1.807) is 6.07 Å². The summed E-state index contributed by atoms with van der Waals surface area (Å²) < 4.78 is 0. The molecule has 0 atom stereocenters. The highest BCUT2D eigenvalue weighted by molar-refractivity contribution is 6.04. The molecule has 2 rings (SSSR count). The fourth-order valence-electron chi connectivity index (χ4n) is 1.97. The molecular formula is C16H18N2O. The molecule has 0 unspecified atom stereocenters. The summed E-state index contributed by atoms with van der Waals surface area (Å²) in [7, 11) is 0. The monoisotopic (exact) mass is 254 g/mol. The third kappa shape index (κ3) is 3.35. The summed E-state index contributed by atoms with van der Waals surface area (Å²) in [4.78, 5) is 12.1. The molecule has 0 aliphatic heterocycles. The molecule has 2 aromatic carbocycles. The van der Waals surface area contributed by atoms with E-state index in [0.29, 0.717) is 11.3 Å². The minimum atomic E-state index is -0.139. The van der Waals surface area contributed by atoms with Gasteiger partial charge in [-0.15, -0.1) is 0 Å². The molecule has 2 aromatic rings. The second-order valence-corrected chi connectivity index (χ2v) is 4.64. The van der Waals surface area contributed by atoms with Crippen LogP contribution in [0, 0.1) is 6.92 Å². The van der Waals surface area contributed by atoms with Gasteiger partial charge in [-0.25, -0.2) is 0 Å². The standard InChI is InChI=1S/C16H18N2O/c1-3-12-4-6-15(7-5-12)18-16(19)13-8-11(2)9-14(17)10-13/h4-10H,3,17H2,1-2H3,(H,18,19). The fraction of sp³-hybridized carbons (Fsp3) is 0.188. The Morgan fingerprint density at radius 3 is 2.42 bits per heavy atom. The van der Waals surface area contributed by atoms with Crippen LogP contribution in [0.4, 0.5) is 11.4 Å². The molecular weight excluding hydrogens is 236 g/mol. The second-order valence-electron chi connectivity index (χ2n) is 4.64. The number of aryl methyl sites for hydroxylation is 2. The quantitative estimate of drug-likeness (QED) is 0.825. The van der Waals surface area contributed by atoms with Gasteiger partial charge in [0.25, 0.3) is 5.91 Å². The van der Waals surface area contributed by atoms with Gasteiger partial charge in [0.2, 0.25) is 0 Å².